The lowest BCUT2D eigenvalue weighted by molar-refractivity contribution is -0.164. The third-order valence-corrected chi connectivity index (χ3v) is 10.0. The lowest BCUT2D eigenvalue weighted by Gasteiger charge is -2.63. The molecule has 1 heterocycles. The van der Waals surface area contributed by atoms with Crippen molar-refractivity contribution in [2.24, 2.45) is 22.7 Å². The van der Waals surface area contributed by atoms with Crippen LogP contribution in [0.25, 0.3) is 0 Å². The van der Waals surface area contributed by atoms with Gasteiger partial charge in [-0.05, 0) is 61.1 Å². The number of carbonyl (C=O) groups is 1. The van der Waals surface area contributed by atoms with Crippen LogP contribution in [0, 0.1) is 34.0 Å². The zero-order valence-corrected chi connectivity index (χ0v) is 24.8. The van der Waals surface area contributed by atoms with Gasteiger partial charge < -0.3 is 19.7 Å². The molecular formula is C34H45N3O3. The molecule has 1 N–H and O–H groups in total. The predicted molar refractivity (Wildman–Crippen MR) is 159 cm³/mol. The highest BCUT2D eigenvalue weighted by atomic mass is 16.5. The van der Waals surface area contributed by atoms with Crippen molar-refractivity contribution in [3.05, 3.63) is 53.6 Å². The maximum absolute atomic E-state index is 13.3. The number of amides is 1. The Morgan fingerprint density at radius 2 is 1.55 bits per heavy atom. The van der Waals surface area contributed by atoms with Crippen molar-refractivity contribution in [1.29, 1.82) is 5.26 Å². The number of benzene rings is 2. The van der Waals surface area contributed by atoms with E-state index in [1.165, 1.54) is 50.6 Å². The molecule has 1 amide bonds. The van der Waals surface area contributed by atoms with Gasteiger partial charge in [-0.25, -0.2) is 0 Å². The molecule has 2 aromatic rings. The number of hydrogen-bond donors (Lipinski definition) is 1. The molecule has 0 aromatic heterocycles. The molecular weight excluding hydrogens is 498 g/mol. The molecule has 214 valence electrons. The molecule has 1 aliphatic heterocycles. The molecule has 40 heavy (non-hydrogen) atoms. The summed E-state index contributed by atoms with van der Waals surface area (Å²) in [6, 6.07) is 15.5. The highest BCUT2D eigenvalue weighted by molar-refractivity contribution is 5.95. The SMILES string of the molecule is COc1cc(OC2C(C)(C)C(NC(=O)c3ccc(N4CCC(C5CCCCC5)CC4)cc3)C2(C)C)ccc1C#N. The molecule has 1 saturated heterocycles. The first-order chi connectivity index (χ1) is 19.1. The van der Waals surface area contributed by atoms with Crippen molar-refractivity contribution < 1.29 is 14.3 Å². The van der Waals surface area contributed by atoms with Gasteiger partial charge in [-0.3, -0.25) is 4.79 Å². The van der Waals surface area contributed by atoms with Crippen molar-refractivity contribution in [1.82, 2.24) is 5.32 Å². The average Bonchev–Trinajstić information content (AvgIpc) is 2.98. The zero-order valence-electron chi connectivity index (χ0n) is 24.8. The van der Waals surface area contributed by atoms with Gasteiger partial charge in [-0.2, -0.15) is 5.26 Å². The Balaban J connectivity index is 1.18. The second-order valence-electron chi connectivity index (χ2n) is 13.3. The summed E-state index contributed by atoms with van der Waals surface area (Å²) in [7, 11) is 1.55. The summed E-state index contributed by atoms with van der Waals surface area (Å²) in [5, 5.41) is 12.6. The molecule has 2 saturated carbocycles. The maximum Gasteiger partial charge on any atom is 0.251 e. The Morgan fingerprint density at radius 3 is 2.15 bits per heavy atom. The quantitative estimate of drug-likeness (QED) is 0.408. The van der Waals surface area contributed by atoms with E-state index in [0.29, 0.717) is 22.6 Å². The van der Waals surface area contributed by atoms with Gasteiger partial charge in [0.15, 0.2) is 0 Å². The van der Waals surface area contributed by atoms with Gasteiger partial charge in [0.2, 0.25) is 0 Å². The highest BCUT2D eigenvalue weighted by Gasteiger charge is 2.64. The number of ether oxygens (including phenoxy) is 2. The highest BCUT2D eigenvalue weighted by Crippen LogP contribution is 2.55. The summed E-state index contributed by atoms with van der Waals surface area (Å²) < 4.78 is 11.8. The van der Waals surface area contributed by atoms with Crippen LogP contribution < -0.4 is 19.7 Å². The van der Waals surface area contributed by atoms with Gasteiger partial charge >= 0.3 is 0 Å². The number of methoxy groups -OCH3 is 1. The second-order valence-corrected chi connectivity index (χ2v) is 13.3. The summed E-state index contributed by atoms with van der Waals surface area (Å²) in [5.74, 6) is 2.94. The summed E-state index contributed by atoms with van der Waals surface area (Å²) in [6.07, 6.45) is 9.58. The molecule has 3 fully saturated rings. The Labute approximate surface area is 240 Å². The van der Waals surface area contributed by atoms with Crippen molar-refractivity contribution in [3.8, 4) is 17.6 Å². The monoisotopic (exact) mass is 543 g/mol. The number of nitriles is 1. The fourth-order valence-corrected chi connectivity index (χ4v) is 8.05. The molecule has 0 radical (unpaired) electrons. The fourth-order valence-electron chi connectivity index (χ4n) is 8.05. The van der Waals surface area contributed by atoms with E-state index in [0.717, 1.165) is 24.9 Å². The lowest BCUT2D eigenvalue weighted by Crippen LogP contribution is -2.74. The van der Waals surface area contributed by atoms with Gasteiger partial charge in [0.25, 0.3) is 5.91 Å². The van der Waals surface area contributed by atoms with Crippen LogP contribution in [-0.2, 0) is 0 Å². The Bertz CT molecular complexity index is 1220. The van der Waals surface area contributed by atoms with Gasteiger partial charge in [0.1, 0.15) is 23.7 Å². The fraction of sp³-hybridized carbons (Fsp3) is 0.588. The van der Waals surface area contributed by atoms with Crippen molar-refractivity contribution in [2.45, 2.75) is 84.8 Å². The van der Waals surface area contributed by atoms with Crippen LogP contribution in [0.4, 0.5) is 5.69 Å². The van der Waals surface area contributed by atoms with E-state index < -0.39 is 0 Å². The van der Waals surface area contributed by atoms with Crippen LogP contribution in [0.3, 0.4) is 0 Å². The Morgan fingerprint density at radius 1 is 0.925 bits per heavy atom. The van der Waals surface area contributed by atoms with Crippen LogP contribution in [0.1, 0.15) is 88.6 Å². The molecule has 0 atom stereocenters. The van der Waals surface area contributed by atoms with E-state index in [4.69, 9.17) is 9.47 Å². The third-order valence-electron chi connectivity index (χ3n) is 10.0. The van der Waals surface area contributed by atoms with Gasteiger partial charge in [0, 0.05) is 47.3 Å². The van der Waals surface area contributed by atoms with Crippen LogP contribution in [0.15, 0.2) is 42.5 Å². The summed E-state index contributed by atoms with van der Waals surface area (Å²) in [4.78, 5) is 15.8. The summed E-state index contributed by atoms with van der Waals surface area (Å²) in [5.41, 5.74) is 1.80. The number of carbonyl (C=O) groups excluding carboxylic acids is 1. The summed E-state index contributed by atoms with van der Waals surface area (Å²) >= 11 is 0. The maximum atomic E-state index is 13.3. The predicted octanol–water partition coefficient (Wildman–Crippen LogP) is 6.98. The smallest absolute Gasteiger partial charge is 0.251 e. The Kier molecular flexibility index (Phi) is 8.04. The van der Waals surface area contributed by atoms with E-state index in [1.807, 2.05) is 12.1 Å². The molecule has 6 nitrogen and oxygen atoms in total. The summed E-state index contributed by atoms with van der Waals surface area (Å²) in [6.45, 7) is 10.8. The van der Waals surface area contributed by atoms with Crippen molar-refractivity contribution in [2.75, 3.05) is 25.1 Å². The van der Waals surface area contributed by atoms with E-state index in [-0.39, 0.29) is 28.9 Å². The minimum Gasteiger partial charge on any atom is -0.495 e. The number of hydrogen-bond acceptors (Lipinski definition) is 5. The second kappa shape index (κ2) is 11.4. The van der Waals surface area contributed by atoms with Gasteiger partial charge in [-0.1, -0.05) is 59.8 Å². The van der Waals surface area contributed by atoms with Crippen LogP contribution in [-0.4, -0.2) is 38.3 Å². The molecule has 2 aliphatic carbocycles. The number of anilines is 1. The number of nitrogens with zero attached hydrogens (tertiary/aromatic N) is 2. The van der Waals surface area contributed by atoms with Crippen molar-refractivity contribution >= 4 is 11.6 Å². The molecule has 2 aromatic carbocycles. The molecule has 0 spiro atoms. The van der Waals surface area contributed by atoms with E-state index in [9.17, 15) is 10.1 Å². The van der Waals surface area contributed by atoms with E-state index >= 15 is 0 Å². The largest absolute Gasteiger partial charge is 0.495 e. The standard InChI is InChI=1S/C34H45N3O3/c1-33(2)31(34(3,4)32(33)40-28-16-13-26(22-35)29(21-28)39-5)36-30(38)25-11-14-27(15-12-25)37-19-17-24(18-20-37)23-9-7-6-8-10-23/h11-16,21,23-24,31-32H,6-10,17-20H2,1-5H3,(H,36,38). The van der Waals surface area contributed by atoms with Crippen LogP contribution in [0.5, 0.6) is 11.5 Å². The topological polar surface area (TPSA) is 74.6 Å². The third kappa shape index (κ3) is 5.40. The lowest BCUT2D eigenvalue weighted by atomic mass is 9.49. The minimum atomic E-state index is -0.289. The van der Waals surface area contributed by atoms with E-state index in [2.05, 4.69) is 56.1 Å². The molecule has 5 rings (SSSR count). The first kappa shape index (κ1) is 28.3. The Hall–Kier alpha value is -3.20. The van der Waals surface area contributed by atoms with Gasteiger partial charge in [-0.15, -0.1) is 0 Å². The molecule has 0 unspecified atom stereocenters. The normalized spacial score (nSPS) is 24.4. The molecule has 3 aliphatic rings. The first-order valence-electron chi connectivity index (χ1n) is 15.1. The first-order valence-corrected chi connectivity index (χ1v) is 15.1. The molecule has 0 bridgehead atoms. The zero-order chi connectivity index (χ0) is 28.5. The van der Waals surface area contributed by atoms with E-state index in [1.54, 1.807) is 25.3 Å². The van der Waals surface area contributed by atoms with Crippen molar-refractivity contribution in [3.63, 3.8) is 0 Å². The minimum absolute atomic E-state index is 0.0489. The van der Waals surface area contributed by atoms with Crippen LogP contribution in [0.2, 0.25) is 0 Å². The molecule has 6 heteroatoms. The number of rotatable bonds is 7. The average molecular weight is 544 g/mol. The number of piperidine rings is 1. The van der Waals surface area contributed by atoms with Crippen LogP contribution >= 0.6 is 0 Å². The number of nitrogens with one attached hydrogen (secondary N) is 1. The van der Waals surface area contributed by atoms with Gasteiger partial charge in [0.05, 0.1) is 12.7 Å².